The highest BCUT2D eigenvalue weighted by Gasteiger charge is 2.10. The smallest absolute Gasteiger partial charge is 0.234 e. The normalized spacial score (nSPS) is 10.7. The van der Waals surface area contributed by atoms with Crippen LogP contribution in [0.2, 0.25) is 0 Å². The number of para-hydroxylation sites is 1. The number of halogens is 2. The molecule has 0 bridgehead atoms. The van der Waals surface area contributed by atoms with E-state index in [1.54, 1.807) is 0 Å². The maximum absolute atomic E-state index is 13.5. The number of anilines is 1. The number of aromatic nitrogens is 2. The fourth-order valence-electron chi connectivity index (χ4n) is 2.01. The van der Waals surface area contributed by atoms with Crippen molar-refractivity contribution in [3.8, 4) is 0 Å². The molecule has 0 fully saturated rings. The Hall–Kier alpha value is -2.54. The largest absolute Gasteiger partial charge is 0.323 e. The van der Waals surface area contributed by atoms with Crippen LogP contribution in [0.3, 0.4) is 0 Å². The highest BCUT2D eigenvalue weighted by molar-refractivity contribution is 8.00. The summed E-state index contributed by atoms with van der Waals surface area (Å²) in [6.07, 6.45) is 1.43. The number of benzene rings is 2. The van der Waals surface area contributed by atoms with Crippen LogP contribution in [-0.4, -0.2) is 21.6 Å². The van der Waals surface area contributed by atoms with E-state index in [0.29, 0.717) is 5.03 Å². The fraction of sp³-hybridized carbons (Fsp3) is 0.0625. The van der Waals surface area contributed by atoms with Gasteiger partial charge in [0.05, 0.1) is 17.0 Å². The average molecular weight is 331 g/mol. The van der Waals surface area contributed by atoms with Gasteiger partial charge in [0.15, 0.2) is 0 Å². The number of hydrogen-bond acceptors (Lipinski definition) is 4. The van der Waals surface area contributed by atoms with Crippen molar-refractivity contribution >= 4 is 34.3 Å². The van der Waals surface area contributed by atoms with Crippen molar-refractivity contribution in [1.29, 1.82) is 0 Å². The second-order valence-electron chi connectivity index (χ2n) is 4.66. The van der Waals surface area contributed by atoms with Crippen LogP contribution in [0.4, 0.5) is 14.5 Å². The monoisotopic (exact) mass is 331 g/mol. The van der Waals surface area contributed by atoms with E-state index < -0.39 is 17.5 Å². The molecule has 4 nitrogen and oxygen atoms in total. The summed E-state index contributed by atoms with van der Waals surface area (Å²) in [7, 11) is 0. The van der Waals surface area contributed by atoms with E-state index >= 15 is 0 Å². The van der Waals surface area contributed by atoms with E-state index in [-0.39, 0.29) is 11.4 Å². The Kier molecular flexibility index (Phi) is 4.47. The summed E-state index contributed by atoms with van der Waals surface area (Å²) >= 11 is 1.21. The summed E-state index contributed by atoms with van der Waals surface area (Å²) in [5.74, 6) is -1.72. The quantitative estimate of drug-likeness (QED) is 0.586. The Labute approximate surface area is 135 Å². The molecule has 1 aromatic heterocycles. The number of fused-ring (bicyclic) bond motifs is 1. The van der Waals surface area contributed by atoms with Gasteiger partial charge in [-0.15, -0.1) is 0 Å². The molecule has 3 aromatic rings. The SMILES string of the molecule is O=C(CSc1ncnc2ccccc12)Nc1cc(F)ccc1F. The van der Waals surface area contributed by atoms with Crippen molar-refractivity contribution in [2.45, 2.75) is 5.03 Å². The van der Waals surface area contributed by atoms with Crippen molar-refractivity contribution in [3.05, 3.63) is 60.4 Å². The standard InChI is InChI=1S/C16H11F2N3OS/c17-10-5-6-12(18)14(7-10)21-15(22)8-23-16-11-3-1-2-4-13(11)19-9-20-16/h1-7,9H,8H2,(H,21,22). The molecule has 2 aromatic carbocycles. The predicted molar refractivity (Wildman–Crippen MR) is 85.2 cm³/mol. The first-order chi connectivity index (χ1) is 11.1. The van der Waals surface area contributed by atoms with E-state index in [4.69, 9.17) is 0 Å². The molecule has 0 saturated carbocycles. The Balaban J connectivity index is 1.70. The van der Waals surface area contributed by atoms with E-state index in [2.05, 4.69) is 15.3 Å². The number of nitrogens with one attached hydrogen (secondary N) is 1. The van der Waals surface area contributed by atoms with E-state index in [1.807, 2.05) is 24.3 Å². The third-order valence-electron chi connectivity index (χ3n) is 3.05. The van der Waals surface area contributed by atoms with E-state index in [1.165, 1.54) is 18.1 Å². The summed E-state index contributed by atoms with van der Waals surface area (Å²) < 4.78 is 26.6. The third kappa shape index (κ3) is 3.62. The molecule has 3 rings (SSSR count). The maximum atomic E-state index is 13.5. The molecule has 1 N–H and O–H groups in total. The van der Waals surface area contributed by atoms with Crippen molar-refractivity contribution in [2.24, 2.45) is 0 Å². The van der Waals surface area contributed by atoms with Gasteiger partial charge in [0.25, 0.3) is 0 Å². The third-order valence-corrected chi connectivity index (χ3v) is 4.05. The van der Waals surface area contributed by atoms with Gasteiger partial charge in [-0.1, -0.05) is 30.0 Å². The highest BCUT2D eigenvalue weighted by atomic mass is 32.2. The molecule has 1 heterocycles. The zero-order valence-electron chi connectivity index (χ0n) is 11.8. The van der Waals surface area contributed by atoms with Crippen LogP contribution in [0.15, 0.2) is 53.8 Å². The summed E-state index contributed by atoms with van der Waals surface area (Å²) in [5, 5.41) is 3.85. The van der Waals surface area contributed by atoms with Crippen LogP contribution >= 0.6 is 11.8 Å². The Bertz CT molecular complexity index is 868. The van der Waals surface area contributed by atoms with Gasteiger partial charge < -0.3 is 5.32 Å². The molecule has 0 unspecified atom stereocenters. The lowest BCUT2D eigenvalue weighted by atomic mass is 10.2. The molecule has 116 valence electrons. The molecular weight excluding hydrogens is 320 g/mol. The molecule has 0 saturated heterocycles. The van der Waals surface area contributed by atoms with Crippen molar-refractivity contribution in [2.75, 3.05) is 11.1 Å². The number of amides is 1. The van der Waals surface area contributed by atoms with Gasteiger partial charge in [-0.05, 0) is 18.2 Å². The lowest BCUT2D eigenvalue weighted by Gasteiger charge is -2.07. The van der Waals surface area contributed by atoms with E-state index in [0.717, 1.165) is 29.1 Å². The molecule has 0 radical (unpaired) electrons. The Morgan fingerprint density at radius 1 is 1.13 bits per heavy atom. The molecule has 0 aliphatic rings. The Morgan fingerprint density at radius 3 is 2.83 bits per heavy atom. The lowest BCUT2D eigenvalue weighted by molar-refractivity contribution is -0.113. The summed E-state index contributed by atoms with van der Waals surface area (Å²) in [6.45, 7) is 0. The molecule has 0 spiro atoms. The Morgan fingerprint density at radius 2 is 1.96 bits per heavy atom. The summed E-state index contributed by atoms with van der Waals surface area (Å²) in [4.78, 5) is 20.2. The minimum Gasteiger partial charge on any atom is -0.323 e. The van der Waals surface area contributed by atoms with E-state index in [9.17, 15) is 13.6 Å². The molecule has 0 aliphatic heterocycles. The van der Waals surface area contributed by atoms with Crippen LogP contribution in [0.1, 0.15) is 0 Å². The van der Waals surface area contributed by atoms with Crippen LogP contribution in [0.5, 0.6) is 0 Å². The van der Waals surface area contributed by atoms with Gasteiger partial charge >= 0.3 is 0 Å². The van der Waals surface area contributed by atoms with Crippen LogP contribution in [0, 0.1) is 11.6 Å². The van der Waals surface area contributed by atoms with Gasteiger partial charge in [-0.2, -0.15) is 0 Å². The first-order valence-corrected chi connectivity index (χ1v) is 7.69. The van der Waals surface area contributed by atoms with Crippen molar-refractivity contribution < 1.29 is 13.6 Å². The van der Waals surface area contributed by atoms with Crippen LogP contribution in [0.25, 0.3) is 10.9 Å². The summed E-state index contributed by atoms with van der Waals surface area (Å²) in [6, 6.07) is 10.3. The zero-order valence-corrected chi connectivity index (χ0v) is 12.6. The van der Waals surface area contributed by atoms with Gasteiger partial charge in [0, 0.05) is 11.5 Å². The second kappa shape index (κ2) is 6.70. The van der Waals surface area contributed by atoms with Crippen molar-refractivity contribution in [3.63, 3.8) is 0 Å². The van der Waals surface area contributed by atoms with Crippen LogP contribution < -0.4 is 5.32 Å². The van der Waals surface area contributed by atoms with Gasteiger partial charge in [0.1, 0.15) is 23.0 Å². The van der Waals surface area contributed by atoms with Gasteiger partial charge in [-0.3, -0.25) is 4.79 Å². The minimum absolute atomic E-state index is 0.0248. The van der Waals surface area contributed by atoms with Crippen LogP contribution in [-0.2, 0) is 4.79 Å². The van der Waals surface area contributed by atoms with Gasteiger partial charge in [-0.25, -0.2) is 18.7 Å². The maximum Gasteiger partial charge on any atom is 0.234 e. The topological polar surface area (TPSA) is 54.9 Å². The number of rotatable bonds is 4. The first kappa shape index (κ1) is 15.4. The molecule has 23 heavy (non-hydrogen) atoms. The number of carbonyl (C=O) groups excluding carboxylic acids is 1. The lowest BCUT2D eigenvalue weighted by Crippen LogP contribution is -2.15. The fourth-order valence-corrected chi connectivity index (χ4v) is 2.80. The second-order valence-corrected chi connectivity index (χ2v) is 5.62. The summed E-state index contributed by atoms with van der Waals surface area (Å²) in [5.41, 5.74) is 0.602. The minimum atomic E-state index is -0.683. The number of hydrogen-bond donors (Lipinski definition) is 1. The molecule has 0 atom stereocenters. The zero-order chi connectivity index (χ0) is 16.2. The average Bonchev–Trinajstić information content (AvgIpc) is 2.56. The number of thioether (sulfide) groups is 1. The molecule has 0 aliphatic carbocycles. The molecular formula is C16H11F2N3OS. The molecule has 7 heteroatoms. The number of carbonyl (C=O) groups is 1. The highest BCUT2D eigenvalue weighted by Crippen LogP contribution is 2.24. The number of nitrogens with zero attached hydrogens (tertiary/aromatic N) is 2. The predicted octanol–water partition coefficient (Wildman–Crippen LogP) is 3.64. The van der Waals surface area contributed by atoms with Gasteiger partial charge in [0.2, 0.25) is 5.91 Å². The molecule has 1 amide bonds. The first-order valence-electron chi connectivity index (χ1n) is 6.71. The van der Waals surface area contributed by atoms with Crippen molar-refractivity contribution in [1.82, 2.24) is 9.97 Å².